The highest BCUT2D eigenvalue weighted by atomic mass is 79.9. The Morgan fingerprint density at radius 3 is 2.50 bits per heavy atom. The summed E-state index contributed by atoms with van der Waals surface area (Å²) in [5.41, 5.74) is 1.72. The van der Waals surface area contributed by atoms with Gasteiger partial charge in [0.1, 0.15) is 6.10 Å². The monoisotopic (exact) mass is 346 g/mol. The number of benzene rings is 3. The van der Waals surface area contributed by atoms with Crippen LogP contribution in [0.3, 0.4) is 0 Å². The van der Waals surface area contributed by atoms with Gasteiger partial charge in [0.25, 0.3) is 0 Å². The molecule has 0 bridgehead atoms. The molecule has 1 unspecified atom stereocenters. The van der Waals surface area contributed by atoms with Gasteiger partial charge in [0.05, 0.1) is 5.02 Å². The Labute approximate surface area is 131 Å². The van der Waals surface area contributed by atoms with Gasteiger partial charge in [-0.3, -0.25) is 0 Å². The summed E-state index contributed by atoms with van der Waals surface area (Å²) in [5.74, 6) is 0. The van der Waals surface area contributed by atoms with Crippen LogP contribution < -0.4 is 0 Å². The first-order chi connectivity index (χ1) is 9.66. The third-order valence-corrected chi connectivity index (χ3v) is 4.59. The summed E-state index contributed by atoms with van der Waals surface area (Å²) in [6.07, 6.45) is -0.672. The van der Waals surface area contributed by atoms with Crippen LogP contribution in [-0.2, 0) is 0 Å². The Kier molecular flexibility index (Phi) is 3.79. The van der Waals surface area contributed by atoms with Gasteiger partial charge in [-0.2, -0.15) is 0 Å². The Morgan fingerprint density at radius 2 is 1.70 bits per heavy atom. The number of halogens is 2. The lowest BCUT2D eigenvalue weighted by molar-refractivity contribution is 0.222. The van der Waals surface area contributed by atoms with Crippen LogP contribution in [0.1, 0.15) is 17.2 Å². The van der Waals surface area contributed by atoms with Gasteiger partial charge >= 0.3 is 0 Å². The molecule has 3 heteroatoms. The van der Waals surface area contributed by atoms with Gasteiger partial charge in [0.15, 0.2) is 0 Å². The van der Waals surface area contributed by atoms with E-state index in [9.17, 15) is 5.11 Å². The molecule has 100 valence electrons. The first-order valence-corrected chi connectivity index (χ1v) is 7.44. The van der Waals surface area contributed by atoms with Gasteiger partial charge in [0, 0.05) is 4.47 Å². The number of rotatable bonds is 2. The van der Waals surface area contributed by atoms with Crippen LogP contribution in [0.2, 0.25) is 5.02 Å². The zero-order valence-corrected chi connectivity index (χ0v) is 12.9. The third-order valence-electron chi connectivity index (χ3n) is 3.38. The van der Waals surface area contributed by atoms with Crippen molar-refractivity contribution in [1.29, 1.82) is 0 Å². The molecule has 3 aromatic rings. The van der Waals surface area contributed by atoms with Crippen LogP contribution in [0.15, 0.2) is 65.1 Å². The Morgan fingerprint density at radius 1 is 0.950 bits per heavy atom. The molecule has 0 saturated carbocycles. The average Bonchev–Trinajstić information content (AvgIpc) is 2.49. The highest BCUT2D eigenvalue weighted by Gasteiger charge is 2.14. The topological polar surface area (TPSA) is 20.2 Å². The molecule has 3 aromatic carbocycles. The number of hydrogen-bond acceptors (Lipinski definition) is 1. The second kappa shape index (κ2) is 5.57. The predicted octanol–water partition coefficient (Wildman–Crippen LogP) is 5.34. The zero-order valence-electron chi connectivity index (χ0n) is 10.6. The molecular weight excluding hydrogens is 336 g/mol. The van der Waals surface area contributed by atoms with Crippen LogP contribution in [-0.4, -0.2) is 5.11 Å². The lowest BCUT2D eigenvalue weighted by Gasteiger charge is -2.15. The summed E-state index contributed by atoms with van der Waals surface area (Å²) < 4.78 is 0.788. The minimum absolute atomic E-state index is 0.638. The molecule has 0 radical (unpaired) electrons. The van der Waals surface area contributed by atoms with Gasteiger partial charge in [-0.1, -0.05) is 60.1 Å². The van der Waals surface area contributed by atoms with E-state index in [4.69, 9.17) is 11.6 Å². The van der Waals surface area contributed by atoms with Crippen molar-refractivity contribution < 1.29 is 5.11 Å². The smallest absolute Gasteiger partial charge is 0.105 e. The van der Waals surface area contributed by atoms with Crippen LogP contribution in [0.4, 0.5) is 0 Å². The number of hydrogen-bond donors (Lipinski definition) is 1. The minimum atomic E-state index is -0.672. The number of aliphatic hydroxyl groups is 1. The maximum absolute atomic E-state index is 10.6. The summed E-state index contributed by atoms with van der Waals surface area (Å²) in [6, 6.07) is 19.5. The Hall–Kier alpha value is -1.35. The van der Waals surface area contributed by atoms with Gasteiger partial charge in [-0.15, -0.1) is 0 Å². The molecule has 3 rings (SSSR count). The van der Waals surface area contributed by atoms with E-state index in [2.05, 4.69) is 15.9 Å². The van der Waals surface area contributed by atoms with E-state index < -0.39 is 6.10 Å². The molecule has 0 amide bonds. The summed E-state index contributed by atoms with van der Waals surface area (Å²) in [7, 11) is 0. The van der Waals surface area contributed by atoms with E-state index in [1.165, 1.54) is 0 Å². The van der Waals surface area contributed by atoms with Crippen molar-refractivity contribution in [3.05, 3.63) is 81.3 Å². The number of aliphatic hydroxyl groups excluding tert-OH is 1. The quantitative estimate of drug-likeness (QED) is 0.663. The van der Waals surface area contributed by atoms with Gasteiger partial charge in [-0.25, -0.2) is 0 Å². The molecule has 20 heavy (non-hydrogen) atoms. The Balaban J connectivity index is 2.12. The molecule has 1 atom stereocenters. The van der Waals surface area contributed by atoms with Crippen molar-refractivity contribution in [2.45, 2.75) is 6.10 Å². The maximum Gasteiger partial charge on any atom is 0.105 e. The molecule has 0 spiro atoms. The SMILES string of the molecule is OC(c1ccc(Cl)c(Br)c1)c1cccc2ccccc12. The first-order valence-electron chi connectivity index (χ1n) is 6.27. The largest absolute Gasteiger partial charge is 0.384 e. The van der Waals surface area contributed by atoms with Gasteiger partial charge in [0.2, 0.25) is 0 Å². The fraction of sp³-hybridized carbons (Fsp3) is 0.0588. The van der Waals surface area contributed by atoms with Gasteiger partial charge in [-0.05, 0) is 50.0 Å². The normalized spacial score (nSPS) is 12.6. The average molecular weight is 348 g/mol. The second-order valence-electron chi connectivity index (χ2n) is 4.64. The van der Waals surface area contributed by atoms with E-state index in [-0.39, 0.29) is 0 Å². The zero-order chi connectivity index (χ0) is 14.1. The highest BCUT2D eigenvalue weighted by Crippen LogP contribution is 2.32. The van der Waals surface area contributed by atoms with Crippen molar-refractivity contribution in [1.82, 2.24) is 0 Å². The lowest BCUT2D eigenvalue weighted by atomic mass is 9.96. The molecule has 0 aliphatic rings. The Bertz CT molecular complexity index is 765. The molecule has 1 nitrogen and oxygen atoms in total. The molecule has 1 N–H and O–H groups in total. The van der Waals surface area contributed by atoms with Gasteiger partial charge < -0.3 is 5.11 Å². The van der Waals surface area contributed by atoms with Crippen molar-refractivity contribution >= 4 is 38.3 Å². The maximum atomic E-state index is 10.6. The fourth-order valence-corrected chi connectivity index (χ4v) is 2.86. The molecule has 0 aliphatic heterocycles. The van der Waals surface area contributed by atoms with E-state index in [0.717, 1.165) is 26.4 Å². The van der Waals surface area contributed by atoms with Crippen LogP contribution in [0.25, 0.3) is 10.8 Å². The summed E-state index contributed by atoms with van der Waals surface area (Å²) in [4.78, 5) is 0. The van der Waals surface area contributed by atoms with Crippen molar-refractivity contribution in [2.75, 3.05) is 0 Å². The molecule has 0 saturated heterocycles. The van der Waals surface area contributed by atoms with E-state index in [0.29, 0.717) is 5.02 Å². The van der Waals surface area contributed by atoms with E-state index >= 15 is 0 Å². The minimum Gasteiger partial charge on any atom is -0.384 e. The van der Waals surface area contributed by atoms with Crippen molar-refractivity contribution in [2.24, 2.45) is 0 Å². The fourth-order valence-electron chi connectivity index (χ4n) is 2.35. The summed E-state index contributed by atoms with van der Waals surface area (Å²) in [5, 5.41) is 13.5. The molecular formula is C17H12BrClO. The highest BCUT2D eigenvalue weighted by molar-refractivity contribution is 9.10. The molecule has 0 fully saturated rings. The molecule has 0 heterocycles. The van der Waals surface area contributed by atoms with Crippen LogP contribution >= 0.6 is 27.5 Å². The summed E-state index contributed by atoms with van der Waals surface area (Å²) >= 11 is 9.39. The third kappa shape index (κ3) is 2.47. The summed E-state index contributed by atoms with van der Waals surface area (Å²) in [6.45, 7) is 0. The van der Waals surface area contributed by atoms with Crippen LogP contribution in [0, 0.1) is 0 Å². The predicted molar refractivity (Wildman–Crippen MR) is 87.2 cm³/mol. The number of fused-ring (bicyclic) bond motifs is 1. The molecule has 0 aliphatic carbocycles. The van der Waals surface area contributed by atoms with Crippen molar-refractivity contribution in [3.8, 4) is 0 Å². The van der Waals surface area contributed by atoms with Crippen LogP contribution in [0.5, 0.6) is 0 Å². The first kappa shape index (κ1) is 13.6. The van der Waals surface area contributed by atoms with Crippen molar-refractivity contribution in [3.63, 3.8) is 0 Å². The second-order valence-corrected chi connectivity index (χ2v) is 5.91. The van der Waals surface area contributed by atoms with E-state index in [1.54, 1.807) is 6.07 Å². The molecule has 0 aromatic heterocycles. The standard InChI is InChI=1S/C17H12BrClO/c18-15-10-12(8-9-16(15)19)17(20)14-7-3-5-11-4-1-2-6-13(11)14/h1-10,17,20H. The lowest BCUT2D eigenvalue weighted by Crippen LogP contribution is -2.00. The van der Waals surface area contributed by atoms with E-state index in [1.807, 2.05) is 54.6 Å².